The number of fused-ring (bicyclic) bond motifs is 1. The number of para-hydroxylation sites is 1. The predicted octanol–water partition coefficient (Wildman–Crippen LogP) is 4.18. The lowest BCUT2D eigenvalue weighted by Crippen LogP contribution is -2.33. The second-order valence-corrected chi connectivity index (χ2v) is 7.61. The van der Waals surface area contributed by atoms with Crippen LogP contribution in [-0.2, 0) is 11.3 Å². The highest BCUT2D eigenvalue weighted by atomic mass is 16.6. The fraction of sp³-hybridized carbons (Fsp3) is 0.286. The van der Waals surface area contributed by atoms with Gasteiger partial charge in [0.1, 0.15) is 5.60 Å². The van der Waals surface area contributed by atoms with Crippen molar-refractivity contribution < 1.29 is 14.3 Å². The molecule has 0 saturated heterocycles. The minimum absolute atomic E-state index is 0.296. The van der Waals surface area contributed by atoms with Gasteiger partial charge in [-0.15, -0.1) is 0 Å². The molecule has 0 aliphatic rings. The van der Waals surface area contributed by atoms with E-state index in [-0.39, 0.29) is 5.91 Å². The Kier molecular flexibility index (Phi) is 5.35. The van der Waals surface area contributed by atoms with Gasteiger partial charge in [0.15, 0.2) is 5.69 Å². The molecular weight excluding hydrogens is 356 g/mol. The van der Waals surface area contributed by atoms with Gasteiger partial charge in [0.05, 0.1) is 5.52 Å². The first kappa shape index (κ1) is 19.4. The second-order valence-electron chi connectivity index (χ2n) is 7.61. The van der Waals surface area contributed by atoms with Crippen LogP contribution in [0.5, 0.6) is 0 Å². The summed E-state index contributed by atoms with van der Waals surface area (Å²) in [7, 11) is 1.68. The van der Waals surface area contributed by atoms with Crippen molar-refractivity contribution in [2.24, 2.45) is 0 Å². The van der Waals surface area contributed by atoms with Crippen molar-refractivity contribution in [3.05, 3.63) is 59.8 Å². The standard InChI is InChI=1S/C21H24N4O3/c1-21(2,3)28-20(27)25(4)13-14-8-7-9-15(12-14)22-19(26)18-16-10-5-6-11-17(16)23-24-18/h5-12H,13H2,1-4H3,(H,22,26)(H,23,24). The Morgan fingerprint density at radius 3 is 2.64 bits per heavy atom. The molecule has 0 radical (unpaired) electrons. The molecule has 0 fully saturated rings. The van der Waals surface area contributed by atoms with Gasteiger partial charge in [-0.25, -0.2) is 4.79 Å². The first-order valence-electron chi connectivity index (χ1n) is 9.00. The molecule has 7 nitrogen and oxygen atoms in total. The van der Waals surface area contributed by atoms with Gasteiger partial charge >= 0.3 is 6.09 Å². The molecule has 0 aliphatic heterocycles. The molecule has 2 amide bonds. The summed E-state index contributed by atoms with van der Waals surface area (Å²) >= 11 is 0. The van der Waals surface area contributed by atoms with Gasteiger partial charge < -0.3 is 15.0 Å². The normalized spacial score (nSPS) is 11.3. The molecule has 3 rings (SSSR count). The van der Waals surface area contributed by atoms with Crippen molar-refractivity contribution in [1.82, 2.24) is 15.1 Å². The van der Waals surface area contributed by atoms with Gasteiger partial charge in [0, 0.05) is 24.7 Å². The van der Waals surface area contributed by atoms with Crippen LogP contribution in [0.25, 0.3) is 10.9 Å². The number of benzene rings is 2. The van der Waals surface area contributed by atoms with Crippen LogP contribution >= 0.6 is 0 Å². The topological polar surface area (TPSA) is 87.3 Å². The Hall–Kier alpha value is -3.35. The van der Waals surface area contributed by atoms with Crippen LogP contribution in [0.2, 0.25) is 0 Å². The number of rotatable bonds is 4. The highest BCUT2D eigenvalue weighted by Gasteiger charge is 2.20. The summed E-state index contributed by atoms with van der Waals surface area (Å²) in [4.78, 5) is 26.2. The number of hydrogen-bond acceptors (Lipinski definition) is 4. The number of anilines is 1. The van der Waals surface area contributed by atoms with Crippen LogP contribution < -0.4 is 5.32 Å². The quantitative estimate of drug-likeness (QED) is 0.711. The third kappa shape index (κ3) is 4.68. The summed E-state index contributed by atoms with van der Waals surface area (Å²) in [6, 6.07) is 14.8. The Labute approximate surface area is 163 Å². The van der Waals surface area contributed by atoms with E-state index >= 15 is 0 Å². The van der Waals surface area contributed by atoms with Gasteiger partial charge in [0.2, 0.25) is 0 Å². The minimum atomic E-state index is -0.548. The lowest BCUT2D eigenvalue weighted by molar-refractivity contribution is 0.0285. The molecule has 0 bridgehead atoms. The molecule has 1 heterocycles. The van der Waals surface area contributed by atoms with Gasteiger partial charge in [0.25, 0.3) is 5.91 Å². The van der Waals surface area contributed by atoms with Gasteiger partial charge in [-0.1, -0.05) is 30.3 Å². The number of carbonyl (C=O) groups is 2. The number of amides is 2. The van der Waals surface area contributed by atoms with Crippen molar-refractivity contribution in [2.75, 3.05) is 12.4 Å². The van der Waals surface area contributed by atoms with Crippen LogP contribution in [0.4, 0.5) is 10.5 Å². The maximum absolute atomic E-state index is 12.6. The van der Waals surface area contributed by atoms with E-state index in [2.05, 4.69) is 15.5 Å². The van der Waals surface area contributed by atoms with Crippen LogP contribution in [-0.4, -0.2) is 39.7 Å². The van der Waals surface area contributed by atoms with E-state index < -0.39 is 11.7 Å². The Morgan fingerprint density at radius 1 is 1.14 bits per heavy atom. The van der Waals surface area contributed by atoms with Crippen molar-refractivity contribution in [1.29, 1.82) is 0 Å². The average molecular weight is 380 g/mol. The fourth-order valence-corrected chi connectivity index (χ4v) is 2.75. The lowest BCUT2D eigenvalue weighted by atomic mass is 10.1. The Morgan fingerprint density at radius 2 is 1.89 bits per heavy atom. The zero-order valence-electron chi connectivity index (χ0n) is 16.4. The van der Waals surface area contributed by atoms with E-state index in [1.54, 1.807) is 13.1 Å². The zero-order valence-corrected chi connectivity index (χ0v) is 16.4. The van der Waals surface area contributed by atoms with Gasteiger partial charge in [-0.2, -0.15) is 5.10 Å². The van der Waals surface area contributed by atoms with Gasteiger partial charge in [-0.05, 0) is 44.5 Å². The first-order chi connectivity index (χ1) is 13.2. The highest BCUT2D eigenvalue weighted by molar-refractivity contribution is 6.11. The van der Waals surface area contributed by atoms with E-state index in [4.69, 9.17) is 4.74 Å². The molecule has 1 aromatic heterocycles. The molecule has 0 aliphatic carbocycles. The third-order valence-corrected chi connectivity index (χ3v) is 4.00. The summed E-state index contributed by atoms with van der Waals surface area (Å²) in [5, 5.41) is 10.6. The second kappa shape index (κ2) is 7.72. The van der Waals surface area contributed by atoms with Crippen LogP contribution in [0.3, 0.4) is 0 Å². The molecule has 146 valence electrons. The third-order valence-electron chi connectivity index (χ3n) is 4.00. The molecule has 0 spiro atoms. The maximum Gasteiger partial charge on any atom is 0.410 e. The molecule has 0 unspecified atom stereocenters. The number of carbonyl (C=O) groups excluding carboxylic acids is 2. The van der Waals surface area contributed by atoms with Crippen LogP contribution in [0, 0.1) is 0 Å². The van der Waals surface area contributed by atoms with Crippen molar-refractivity contribution >= 4 is 28.6 Å². The van der Waals surface area contributed by atoms with E-state index in [1.807, 2.05) is 63.2 Å². The first-order valence-corrected chi connectivity index (χ1v) is 9.00. The molecule has 7 heteroatoms. The largest absolute Gasteiger partial charge is 0.444 e. The number of nitrogens with one attached hydrogen (secondary N) is 2. The summed E-state index contributed by atoms with van der Waals surface area (Å²) in [6.45, 7) is 5.85. The van der Waals surface area contributed by atoms with E-state index in [0.717, 1.165) is 16.5 Å². The SMILES string of the molecule is CN(Cc1cccc(NC(=O)c2n[nH]c3ccccc23)c1)C(=O)OC(C)(C)C. The molecule has 28 heavy (non-hydrogen) atoms. The van der Waals surface area contributed by atoms with Crippen molar-refractivity contribution in [2.45, 2.75) is 32.9 Å². The number of aromatic nitrogens is 2. The fourth-order valence-electron chi connectivity index (χ4n) is 2.75. The molecule has 0 saturated carbocycles. The zero-order chi connectivity index (χ0) is 20.3. The van der Waals surface area contributed by atoms with Crippen LogP contribution in [0.15, 0.2) is 48.5 Å². The van der Waals surface area contributed by atoms with E-state index in [0.29, 0.717) is 17.9 Å². The average Bonchev–Trinajstić information content (AvgIpc) is 3.04. The summed E-state index contributed by atoms with van der Waals surface area (Å²) < 4.78 is 5.36. The number of aromatic amines is 1. The monoisotopic (exact) mass is 380 g/mol. The number of nitrogens with zero attached hydrogens (tertiary/aromatic N) is 2. The molecule has 3 aromatic rings. The molecule has 2 aromatic carbocycles. The number of H-pyrrole nitrogens is 1. The van der Waals surface area contributed by atoms with Gasteiger partial charge in [-0.3, -0.25) is 9.89 Å². The summed E-state index contributed by atoms with van der Waals surface area (Å²) in [5.74, 6) is -0.296. The molecule has 0 atom stereocenters. The van der Waals surface area contributed by atoms with E-state index in [9.17, 15) is 9.59 Å². The van der Waals surface area contributed by atoms with E-state index in [1.165, 1.54) is 4.90 Å². The summed E-state index contributed by atoms with van der Waals surface area (Å²) in [5.41, 5.74) is 2.10. The number of hydrogen-bond donors (Lipinski definition) is 2. The summed E-state index contributed by atoms with van der Waals surface area (Å²) in [6.07, 6.45) is -0.398. The number of ether oxygens (including phenoxy) is 1. The highest BCUT2D eigenvalue weighted by Crippen LogP contribution is 2.18. The minimum Gasteiger partial charge on any atom is -0.444 e. The predicted molar refractivity (Wildman–Crippen MR) is 108 cm³/mol. The lowest BCUT2D eigenvalue weighted by Gasteiger charge is -2.24. The van der Waals surface area contributed by atoms with Crippen molar-refractivity contribution in [3.8, 4) is 0 Å². The molecule has 2 N–H and O–H groups in total. The maximum atomic E-state index is 12.6. The smallest absolute Gasteiger partial charge is 0.410 e. The molecular formula is C21H24N4O3. The van der Waals surface area contributed by atoms with Crippen molar-refractivity contribution in [3.63, 3.8) is 0 Å². The Bertz CT molecular complexity index is 1000. The Balaban J connectivity index is 1.69. The van der Waals surface area contributed by atoms with Crippen LogP contribution in [0.1, 0.15) is 36.8 Å².